The first kappa shape index (κ1) is 14.5. The summed E-state index contributed by atoms with van der Waals surface area (Å²) in [5.74, 6) is 0.856. The first-order chi connectivity index (χ1) is 9.08. The quantitative estimate of drug-likeness (QED) is 0.920. The second-order valence-corrected chi connectivity index (χ2v) is 5.84. The molecule has 0 radical (unpaired) electrons. The Morgan fingerprint density at radius 1 is 1.47 bits per heavy atom. The van der Waals surface area contributed by atoms with Gasteiger partial charge in [-0.2, -0.15) is 0 Å². The van der Waals surface area contributed by atoms with Crippen molar-refractivity contribution >= 4 is 17.3 Å². The van der Waals surface area contributed by atoms with Gasteiger partial charge in [0.05, 0.1) is 17.8 Å². The second kappa shape index (κ2) is 6.02. The molecule has 1 aromatic carbocycles. The van der Waals surface area contributed by atoms with E-state index >= 15 is 0 Å². The maximum atomic E-state index is 6.36. The Balaban J connectivity index is 2.28. The maximum Gasteiger partial charge on any atom is 0.121 e. The number of nitrogens with zero attached hydrogens (tertiary/aromatic N) is 1. The lowest BCUT2D eigenvalue weighted by Gasteiger charge is -2.34. The van der Waals surface area contributed by atoms with Crippen LogP contribution in [0.2, 0.25) is 5.02 Å². The lowest BCUT2D eigenvalue weighted by Crippen LogP contribution is -2.48. The highest BCUT2D eigenvalue weighted by Crippen LogP contribution is 2.32. The molecule has 4 heteroatoms. The van der Waals surface area contributed by atoms with Gasteiger partial charge in [-0.3, -0.25) is 0 Å². The van der Waals surface area contributed by atoms with E-state index in [1.54, 1.807) is 7.11 Å². The summed E-state index contributed by atoms with van der Waals surface area (Å²) in [7, 11) is 1.69. The molecule has 1 heterocycles. The van der Waals surface area contributed by atoms with E-state index in [9.17, 15) is 0 Å². The van der Waals surface area contributed by atoms with Crippen LogP contribution >= 0.6 is 11.6 Å². The first-order valence-corrected chi connectivity index (χ1v) is 7.29. The van der Waals surface area contributed by atoms with Gasteiger partial charge in [-0.1, -0.05) is 18.5 Å². The number of anilines is 1. The number of hydrogen-bond acceptors (Lipinski definition) is 3. The molecule has 1 aromatic rings. The van der Waals surface area contributed by atoms with Crippen LogP contribution in [0.25, 0.3) is 0 Å². The summed E-state index contributed by atoms with van der Waals surface area (Å²) in [6.07, 6.45) is 2.23. The molecular weight excluding hydrogens is 260 g/mol. The van der Waals surface area contributed by atoms with Crippen LogP contribution in [0, 0.1) is 0 Å². The van der Waals surface area contributed by atoms with Gasteiger partial charge in [-0.15, -0.1) is 0 Å². The van der Waals surface area contributed by atoms with E-state index in [2.05, 4.69) is 24.1 Å². The maximum absolute atomic E-state index is 6.36. The molecule has 19 heavy (non-hydrogen) atoms. The van der Waals surface area contributed by atoms with E-state index in [0.717, 1.165) is 48.9 Å². The molecule has 0 amide bonds. The van der Waals surface area contributed by atoms with Crippen molar-refractivity contribution in [2.45, 2.75) is 32.2 Å². The summed E-state index contributed by atoms with van der Waals surface area (Å²) in [4.78, 5) is 2.37. The average Bonchev–Trinajstić information content (AvgIpc) is 2.62. The fourth-order valence-electron chi connectivity index (χ4n) is 2.52. The predicted molar refractivity (Wildman–Crippen MR) is 81.5 cm³/mol. The summed E-state index contributed by atoms with van der Waals surface area (Å²) < 4.78 is 5.31. The van der Waals surface area contributed by atoms with Gasteiger partial charge in [0, 0.05) is 24.7 Å². The normalized spacial score (nSPS) is 24.1. The fourth-order valence-corrected chi connectivity index (χ4v) is 2.76. The first-order valence-electron chi connectivity index (χ1n) is 6.91. The third-order valence-corrected chi connectivity index (χ3v) is 4.29. The van der Waals surface area contributed by atoms with Gasteiger partial charge in [0.1, 0.15) is 5.75 Å². The van der Waals surface area contributed by atoms with Crippen molar-refractivity contribution in [2.75, 3.05) is 31.6 Å². The fraction of sp³-hybridized carbons (Fsp3) is 0.600. The molecule has 2 rings (SSSR count). The molecule has 1 N–H and O–H groups in total. The van der Waals surface area contributed by atoms with Crippen LogP contribution in [0.15, 0.2) is 18.2 Å². The Hall–Kier alpha value is -0.930. The van der Waals surface area contributed by atoms with Gasteiger partial charge in [0.25, 0.3) is 0 Å². The molecule has 0 bridgehead atoms. The molecule has 0 aliphatic carbocycles. The van der Waals surface area contributed by atoms with E-state index in [-0.39, 0.29) is 5.54 Å². The van der Waals surface area contributed by atoms with Crippen LogP contribution in [-0.2, 0) is 0 Å². The van der Waals surface area contributed by atoms with Crippen LogP contribution in [-0.4, -0.2) is 32.3 Å². The smallest absolute Gasteiger partial charge is 0.121 e. The van der Waals surface area contributed by atoms with Crippen LogP contribution < -0.4 is 15.0 Å². The van der Waals surface area contributed by atoms with Gasteiger partial charge in [0.15, 0.2) is 0 Å². The van der Waals surface area contributed by atoms with Gasteiger partial charge in [-0.05, 0) is 38.4 Å². The van der Waals surface area contributed by atoms with Crippen LogP contribution in [0.3, 0.4) is 0 Å². The van der Waals surface area contributed by atoms with Crippen molar-refractivity contribution in [1.29, 1.82) is 0 Å². The molecule has 0 spiro atoms. The summed E-state index contributed by atoms with van der Waals surface area (Å²) in [6.45, 7) is 7.55. The second-order valence-electron chi connectivity index (χ2n) is 5.43. The zero-order valence-electron chi connectivity index (χ0n) is 12.0. The number of hydrogen-bond donors (Lipinski definition) is 1. The molecule has 1 unspecified atom stereocenters. The largest absolute Gasteiger partial charge is 0.497 e. The van der Waals surface area contributed by atoms with Crippen molar-refractivity contribution in [3.63, 3.8) is 0 Å². The molecular formula is C15H23ClN2O. The Morgan fingerprint density at radius 2 is 2.26 bits per heavy atom. The summed E-state index contributed by atoms with van der Waals surface area (Å²) in [6, 6.07) is 5.85. The zero-order valence-corrected chi connectivity index (χ0v) is 12.8. The lowest BCUT2D eigenvalue weighted by atomic mass is 9.98. The minimum Gasteiger partial charge on any atom is -0.497 e. The number of methoxy groups -OCH3 is 1. The summed E-state index contributed by atoms with van der Waals surface area (Å²) in [5.41, 5.74) is 1.22. The summed E-state index contributed by atoms with van der Waals surface area (Å²) >= 11 is 6.36. The van der Waals surface area contributed by atoms with Crippen molar-refractivity contribution < 1.29 is 4.74 Å². The van der Waals surface area contributed by atoms with Crippen LogP contribution in [0.4, 0.5) is 5.69 Å². The molecule has 1 saturated heterocycles. The minimum atomic E-state index is 0.142. The lowest BCUT2D eigenvalue weighted by molar-refractivity contribution is 0.366. The Kier molecular flexibility index (Phi) is 4.58. The van der Waals surface area contributed by atoms with Crippen molar-refractivity contribution in [1.82, 2.24) is 5.32 Å². The highest BCUT2D eigenvalue weighted by molar-refractivity contribution is 6.33. The molecule has 106 valence electrons. The Morgan fingerprint density at radius 3 is 2.95 bits per heavy atom. The highest BCUT2D eigenvalue weighted by atomic mass is 35.5. The third-order valence-electron chi connectivity index (χ3n) is 3.97. The monoisotopic (exact) mass is 282 g/mol. The van der Waals surface area contributed by atoms with E-state index in [4.69, 9.17) is 16.3 Å². The van der Waals surface area contributed by atoms with Crippen LogP contribution in [0.1, 0.15) is 26.7 Å². The number of nitrogens with one attached hydrogen (secondary N) is 1. The van der Waals surface area contributed by atoms with Gasteiger partial charge in [-0.25, -0.2) is 0 Å². The summed E-state index contributed by atoms with van der Waals surface area (Å²) in [5, 5.41) is 4.43. The van der Waals surface area contributed by atoms with Crippen molar-refractivity contribution in [3.05, 3.63) is 23.2 Å². The van der Waals surface area contributed by atoms with Crippen LogP contribution in [0.5, 0.6) is 5.75 Å². The molecule has 3 nitrogen and oxygen atoms in total. The molecule has 0 aromatic heterocycles. The van der Waals surface area contributed by atoms with E-state index in [1.807, 2.05) is 18.2 Å². The number of halogens is 1. The molecule has 0 saturated carbocycles. The predicted octanol–water partition coefficient (Wildman–Crippen LogP) is 3.32. The molecule has 1 fully saturated rings. The molecule has 1 aliphatic rings. The van der Waals surface area contributed by atoms with Gasteiger partial charge in [0.2, 0.25) is 0 Å². The van der Waals surface area contributed by atoms with E-state index in [0.29, 0.717) is 0 Å². The Labute approximate surface area is 120 Å². The highest BCUT2D eigenvalue weighted by Gasteiger charge is 2.28. The average molecular weight is 283 g/mol. The number of benzene rings is 1. The third kappa shape index (κ3) is 3.34. The number of ether oxygens (including phenoxy) is 1. The van der Waals surface area contributed by atoms with Gasteiger partial charge >= 0.3 is 0 Å². The topological polar surface area (TPSA) is 24.5 Å². The minimum absolute atomic E-state index is 0.142. The van der Waals surface area contributed by atoms with E-state index < -0.39 is 0 Å². The van der Waals surface area contributed by atoms with Crippen molar-refractivity contribution in [3.8, 4) is 5.75 Å². The number of rotatable bonds is 3. The van der Waals surface area contributed by atoms with Gasteiger partial charge < -0.3 is 15.0 Å². The zero-order chi connectivity index (χ0) is 13.9. The van der Waals surface area contributed by atoms with E-state index in [1.165, 1.54) is 0 Å². The molecule has 1 aliphatic heterocycles. The SMILES string of the molecule is CCC1(C)CN(c2cc(OC)ccc2Cl)CCCN1. The Bertz CT molecular complexity index is 438. The standard InChI is InChI=1S/C15H23ClN2O/c1-4-15(2)11-18(9-5-8-17-15)14-10-12(19-3)6-7-13(14)16/h6-7,10,17H,4-5,8-9,11H2,1-3H3. The molecule has 1 atom stereocenters. The van der Waals surface area contributed by atoms with Crippen molar-refractivity contribution in [2.24, 2.45) is 0 Å².